The second kappa shape index (κ2) is 9.48. The third-order valence-corrected chi connectivity index (χ3v) is 6.20. The maximum Gasteiger partial charge on any atom is 0.229 e. The first-order valence-corrected chi connectivity index (χ1v) is 11.7. The molecule has 2 N–H and O–H groups in total. The summed E-state index contributed by atoms with van der Waals surface area (Å²) in [5, 5.41) is 13.0. The summed E-state index contributed by atoms with van der Waals surface area (Å²) in [4.78, 5) is 22.9. The zero-order valence-corrected chi connectivity index (χ0v) is 19.2. The SMILES string of the molecule is Cc1ccc(CC(=O)Nc2nc3c(nc2Cc2ccccc2)-c2ccc(O)cc2CCC3)cc1. The first-order valence-electron chi connectivity index (χ1n) is 11.7. The number of carbonyl (C=O) groups is 1. The van der Waals surface area contributed by atoms with E-state index in [1.165, 1.54) is 5.56 Å². The normalized spacial score (nSPS) is 12.4. The zero-order valence-electron chi connectivity index (χ0n) is 19.2. The number of amides is 1. The predicted octanol–water partition coefficient (Wildman–Crippen LogP) is 5.42. The third-order valence-electron chi connectivity index (χ3n) is 6.20. The molecule has 0 saturated carbocycles. The number of fused-ring (bicyclic) bond motifs is 3. The van der Waals surface area contributed by atoms with Gasteiger partial charge in [-0.25, -0.2) is 9.97 Å². The van der Waals surface area contributed by atoms with Crippen molar-refractivity contribution in [2.24, 2.45) is 0 Å². The molecule has 5 nitrogen and oxygen atoms in total. The van der Waals surface area contributed by atoms with Crippen molar-refractivity contribution in [2.75, 3.05) is 5.32 Å². The summed E-state index contributed by atoms with van der Waals surface area (Å²) in [5.41, 5.74) is 7.78. The molecule has 0 aliphatic heterocycles. The molecule has 170 valence electrons. The van der Waals surface area contributed by atoms with Crippen LogP contribution >= 0.6 is 0 Å². The molecule has 0 unspecified atom stereocenters. The van der Waals surface area contributed by atoms with Crippen molar-refractivity contribution in [3.63, 3.8) is 0 Å². The van der Waals surface area contributed by atoms with E-state index in [-0.39, 0.29) is 18.1 Å². The number of nitrogens with one attached hydrogen (secondary N) is 1. The monoisotopic (exact) mass is 449 g/mol. The van der Waals surface area contributed by atoms with Gasteiger partial charge in [-0.05, 0) is 61.1 Å². The minimum absolute atomic E-state index is 0.105. The highest BCUT2D eigenvalue weighted by atomic mass is 16.3. The number of hydrogen-bond donors (Lipinski definition) is 2. The number of carbonyl (C=O) groups excluding carboxylic acids is 1. The molecule has 1 amide bonds. The van der Waals surface area contributed by atoms with Crippen molar-refractivity contribution in [1.29, 1.82) is 0 Å². The van der Waals surface area contributed by atoms with Gasteiger partial charge in [-0.15, -0.1) is 0 Å². The Bertz CT molecular complexity index is 1330. The standard InChI is InChI=1S/C29H27N3O2/c1-19-10-12-21(13-11-19)17-27(34)32-29-26(16-20-6-3-2-4-7-20)30-28-24-15-14-23(33)18-22(24)8-5-9-25(28)31-29/h2-4,6-7,10-15,18,33H,5,8-9,16-17H2,1H3,(H,31,32,34). The molecule has 3 aromatic carbocycles. The van der Waals surface area contributed by atoms with Gasteiger partial charge in [0.15, 0.2) is 5.82 Å². The van der Waals surface area contributed by atoms with Crippen LogP contribution in [-0.4, -0.2) is 21.0 Å². The number of aromatic hydroxyl groups is 1. The van der Waals surface area contributed by atoms with Gasteiger partial charge in [-0.3, -0.25) is 4.79 Å². The van der Waals surface area contributed by atoms with Crippen molar-refractivity contribution < 1.29 is 9.90 Å². The van der Waals surface area contributed by atoms with Crippen LogP contribution in [0.5, 0.6) is 5.75 Å². The molecular weight excluding hydrogens is 422 g/mol. The molecule has 1 aliphatic carbocycles. The number of aromatic nitrogens is 2. The number of aryl methyl sites for hydroxylation is 3. The summed E-state index contributed by atoms with van der Waals surface area (Å²) in [6, 6.07) is 23.5. The van der Waals surface area contributed by atoms with Crippen molar-refractivity contribution in [2.45, 2.75) is 39.0 Å². The first kappa shape index (κ1) is 21.8. The Hall–Kier alpha value is -3.99. The van der Waals surface area contributed by atoms with Crippen molar-refractivity contribution in [3.8, 4) is 17.0 Å². The van der Waals surface area contributed by atoms with Crippen LogP contribution in [0.2, 0.25) is 0 Å². The predicted molar refractivity (Wildman–Crippen MR) is 134 cm³/mol. The number of phenolic OH excluding ortho intramolecular Hbond substituents is 1. The molecule has 5 rings (SSSR count). The minimum atomic E-state index is -0.105. The van der Waals surface area contributed by atoms with Gasteiger partial charge in [0.25, 0.3) is 0 Å². The fourth-order valence-electron chi connectivity index (χ4n) is 4.44. The summed E-state index contributed by atoms with van der Waals surface area (Å²) >= 11 is 0. The van der Waals surface area contributed by atoms with E-state index in [1.807, 2.05) is 61.5 Å². The molecule has 1 aromatic heterocycles. The Morgan fingerprint density at radius 2 is 1.74 bits per heavy atom. The minimum Gasteiger partial charge on any atom is -0.508 e. The lowest BCUT2D eigenvalue weighted by molar-refractivity contribution is -0.115. The van der Waals surface area contributed by atoms with Gasteiger partial charge in [0.05, 0.1) is 23.5 Å². The first-order chi connectivity index (χ1) is 16.5. The highest BCUT2D eigenvalue weighted by Gasteiger charge is 2.22. The van der Waals surface area contributed by atoms with Gasteiger partial charge in [-0.1, -0.05) is 60.2 Å². The van der Waals surface area contributed by atoms with Crippen LogP contribution in [-0.2, 0) is 30.5 Å². The largest absolute Gasteiger partial charge is 0.508 e. The maximum atomic E-state index is 12.9. The lowest BCUT2D eigenvalue weighted by atomic mass is 10.0. The average Bonchev–Trinajstić information content (AvgIpc) is 3.00. The van der Waals surface area contributed by atoms with Crippen LogP contribution in [0.1, 0.15) is 40.1 Å². The van der Waals surface area contributed by atoms with Crippen LogP contribution in [0.25, 0.3) is 11.3 Å². The van der Waals surface area contributed by atoms with Crippen LogP contribution in [0, 0.1) is 6.92 Å². The van der Waals surface area contributed by atoms with Gasteiger partial charge >= 0.3 is 0 Å². The van der Waals surface area contributed by atoms with E-state index in [0.29, 0.717) is 12.2 Å². The van der Waals surface area contributed by atoms with Crippen LogP contribution in [0.3, 0.4) is 0 Å². The molecule has 1 heterocycles. The molecule has 1 aliphatic rings. The van der Waals surface area contributed by atoms with E-state index >= 15 is 0 Å². The van der Waals surface area contributed by atoms with Gasteiger partial charge in [0, 0.05) is 12.0 Å². The van der Waals surface area contributed by atoms with E-state index in [9.17, 15) is 9.90 Å². The molecule has 0 bridgehead atoms. The maximum absolute atomic E-state index is 12.9. The fourth-order valence-corrected chi connectivity index (χ4v) is 4.44. The Balaban J connectivity index is 1.52. The van der Waals surface area contributed by atoms with Crippen LogP contribution < -0.4 is 5.32 Å². The molecule has 0 fully saturated rings. The van der Waals surface area contributed by atoms with Gasteiger partial charge in [-0.2, -0.15) is 0 Å². The van der Waals surface area contributed by atoms with Crippen LogP contribution in [0.4, 0.5) is 5.82 Å². The van der Waals surface area contributed by atoms with Crippen molar-refractivity contribution >= 4 is 11.7 Å². The number of phenols is 1. The van der Waals surface area contributed by atoms with E-state index in [2.05, 4.69) is 17.4 Å². The zero-order chi connectivity index (χ0) is 23.5. The summed E-state index contributed by atoms with van der Waals surface area (Å²) in [5.74, 6) is 0.688. The number of benzene rings is 3. The van der Waals surface area contributed by atoms with Gasteiger partial charge < -0.3 is 10.4 Å². The van der Waals surface area contributed by atoms with E-state index in [0.717, 1.165) is 58.6 Å². The summed E-state index contributed by atoms with van der Waals surface area (Å²) in [6.45, 7) is 2.03. The Morgan fingerprint density at radius 1 is 0.941 bits per heavy atom. The van der Waals surface area contributed by atoms with E-state index in [4.69, 9.17) is 9.97 Å². The van der Waals surface area contributed by atoms with Gasteiger partial charge in [0.2, 0.25) is 5.91 Å². The molecule has 5 heteroatoms. The van der Waals surface area contributed by atoms with Crippen molar-refractivity contribution in [1.82, 2.24) is 9.97 Å². The highest BCUT2D eigenvalue weighted by molar-refractivity contribution is 5.92. The lowest BCUT2D eigenvalue weighted by Crippen LogP contribution is -2.18. The quantitative estimate of drug-likeness (QED) is 0.427. The third kappa shape index (κ3) is 4.84. The number of hydrogen-bond acceptors (Lipinski definition) is 4. The van der Waals surface area contributed by atoms with E-state index < -0.39 is 0 Å². The second-order valence-electron chi connectivity index (χ2n) is 8.88. The topological polar surface area (TPSA) is 75.1 Å². The van der Waals surface area contributed by atoms with Crippen LogP contribution in [0.15, 0.2) is 72.8 Å². The molecule has 0 radical (unpaired) electrons. The molecule has 0 atom stereocenters. The number of anilines is 1. The highest BCUT2D eigenvalue weighted by Crippen LogP contribution is 2.34. The Morgan fingerprint density at radius 3 is 2.53 bits per heavy atom. The number of rotatable bonds is 5. The van der Waals surface area contributed by atoms with Crippen molar-refractivity contribution in [3.05, 3.63) is 106 Å². The summed E-state index contributed by atoms with van der Waals surface area (Å²) in [7, 11) is 0. The molecule has 0 saturated heterocycles. The van der Waals surface area contributed by atoms with E-state index in [1.54, 1.807) is 6.07 Å². The average molecular weight is 450 g/mol. The summed E-state index contributed by atoms with van der Waals surface area (Å²) < 4.78 is 0. The smallest absolute Gasteiger partial charge is 0.229 e. The molecular formula is C29H27N3O2. The lowest BCUT2D eigenvalue weighted by Gasteiger charge is -2.15. The number of nitrogens with zero attached hydrogens (tertiary/aromatic N) is 2. The second-order valence-corrected chi connectivity index (χ2v) is 8.88. The molecule has 34 heavy (non-hydrogen) atoms. The fraction of sp³-hybridized carbons (Fsp3) is 0.207. The molecule has 0 spiro atoms. The van der Waals surface area contributed by atoms with Gasteiger partial charge in [0.1, 0.15) is 5.75 Å². The summed E-state index contributed by atoms with van der Waals surface area (Å²) in [6.07, 6.45) is 3.38. The Kier molecular flexibility index (Phi) is 6.09. The molecule has 4 aromatic rings. The Labute approximate surface area is 199 Å².